The van der Waals surface area contributed by atoms with Crippen LogP contribution in [0.25, 0.3) is 5.69 Å². The number of carbonyl (C=O) groups excluding carboxylic acids is 1. The van der Waals surface area contributed by atoms with Crippen LogP contribution in [0.4, 0.5) is 0 Å². The van der Waals surface area contributed by atoms with Gasteiger partial charge in [0.25, 0.3) is 0 Å². The van der Waals surface area contributed by atoms with E-state index in [4.69, 9.17) is 21.1 Å². The summed E-state index contributed by atoms with van der Waals surface area (Å²) in [4.78, 5) is 14.5. The predicted octanol–water partition coefficient (Wildman–Crippen LogP) is 6.28. The highest BCUT2D eigenvalue weighted by atomic mass is 35.5. The fraction of sp³-hybridized carbons (Fsp3) is 0.120. The largest absolute Gasteiger partial charge is 0.482 e. The third kappa shape index (κ3) is 5.33. The molecule has 4 aromatic rings. The lowest BCUT2D eigenvalue weighted by atomic mass is 10.2. The maximum atomic E-state index is 12.7. The van der Waals surface area contributed by atoms with Crippen molar-refractivity contribution in [3.8, 4) is 17.3 Å². The number of rotatable bonds is 7. The van der Waals surface area contributed by atoms with E-state index in [-0.39, 0.29) is 6.61 Å². The van der Waals surface area contributed by atoms with Crippen molar-refractivity contribution in [2.24, 2.45) is 0 Å². The van der Waals surface area contributed by atoms with Gasteiger partial charge in [0.05, 0.1) is 16.3 Å². The number of para-hydroxylation sites is 1. The Labute approximate surface area is 195 Å². The minimum Gasteiger partial charge on any atom is -0.482 e. The van der Waals surface area contributed by atoms with E-state index >= 15 is 0 Å². The molecule has 1 heterocycles. The van der Waals surface area contributed by atoms with Gasteiger partial charge in [-0.25, -0.2) is 4.79 Å². The molecule has 32 heavy (non-hydrogen) atoms. The number of esters is 1. The van der Waals surface area contributed by atoms with Gasteiger partial charge in [-0.15, -0.1) is 0 Å². The first-order valence-electron chi connectivity index (χ1n) is 9.98. The molecular weight excluding hydrogens is 444 g/mol. The van der Waals surface area contributed by atoms with Gasteiger partial charge in [0.2, 0.25) is 5.88 Å². The van der Waals surface area contributed by atoms with Crippen LogP contribution >= 0.6 is 23.4 Å². The molecule has 0 aliphatic rings. The van der Waals surface area contributed by atoms with Crippen molar-refractivity contribution < 1.29 is 14.3 Å². The number of carbonyl (C=O) groups is 1. The average molecular weight is 465 g/mol. The second-order valence-electron chi connectivity index (χ2n) is 7.10. The Morgan fingerprint density at radius 3 is 2.34 bits per heavy atom. The van der Waals surface area contributed by atoms with Crippen LogP contribution in [0.15, 0.2) is 88.7 Å². The van der Waals surface area contributed by atoms with Crippen LogP contribution in [0, 0.1) is 13.8 Å². The molecule has 0 saturated carbocycles. The summed E-state index contributed by atoms with van der Waals surface area (Å²) < 4.78 is 13.0. The molecule has 0 saturated heterocycles. The van der Waals surface area contributed by atoms with Crippen molar-refractivity contribution in [3.05, 3.63) is 95.1 Å². The summed E-state index contributed by atoms with van der Waals surface area (Å²) in [6, 6.07) is 24.5. The standard InChI is InChI=1S/C25H21ClN2O3S/c1-17-8-14-22(15-9-17)32-24-18(2)27-28(20-6-4-3-5-7-20)25(24)31-23(29)16-30-21-12-10-19(26)11-13-21/h3-15H,16H2,1-2H3. The summed E-state index contributed by atoms with van der Waals surface area (Å²) in [6.07, 6.45) is 0. The molecule has 3 aromatic carbocycles. The Hall–Kier alpha value is -3.22. The molecule has 1 aromatic heterocycles. The monoisotopic (exact) mass is 464 g/mol. The van der Waals surface area contributed by atoms with Crippen molar-refractivity contribution in [3.63, 3.8) is 0 Å². The molecule has 0 N–H and O–H groups in total. The van der Waals surface area contributed by atoms with E-state index in [1.54, 1.807) is 28.9 Å². The predicted molar refractivity (Wildman–Crippen MR) is 126 cm³/mol. The minimum atomic E-state index is -0.525. The molecule has 0 amide bonds. The maximum absolute atomic E-state index is 12.7. The SMILES string of the molecule is Cc1ccc(Sc2c(C)nn(-c3ccccc3)c2OC(=O)COc2ccc(Cl)cc2)cc1. The third-order valence-corrected chi connectivity index (χ3v) is 6.02. The molecule has 5 nitrogen and oxygen atoms in total. The number of ether oxygens (including phenoxy) is 2. The second kappa shape index (κ2) is 9.94. The lowest BCUT2D eigenvalue weighted by Crippen LogP contribution is -2.19. The highest BCUT2D eigenvalue weighted by Crippen LogP contribution is 2.39. The number of hydrogen-bond acceptors (Lipinski definition) is 5. The number of halogens is 1. The summed E-state index contributed by atoms with van der Waals surface area (Å²) in [7, 11) is 0. The quantitative estimate of drug-likeness (QED) is 0.301. The molecule has 4 rings (SSSR count). The van der Waals surface area contributed by atoms with Gasteiger partial charge in [-0.1, -0.05) is 59.3 Å². The van der Waals surface area contributed by atoms with Crippen LogP contribution in [-0.2, 0) is 4.79 Å². The van der Waals surface area contributed by atoms with Crippen molar-refractivity contribution in [2.75, 3.05) is 6.61 Å². The topological polar surface area (TPSA) is 53.4 Å². The van der Waals surface area contributed by atoms with Crippen molar-refractivity contribution >= 4 is 29.3 Å². The van der Waals surface area contributed by atoms with E-state index in [1.165, 1.54) is 17.3 Å². The summed E-state index contributed by atoms with van der Waals surface area (Å²) in [5.41, 5.74) is 2.74. The molecule has 0 unspecified atom stereocenters. The van der Waals surface area contributed by atoms with Crippen LogP contribution < -0.4 is 9.47 Å². The van der Waals surface area contributed by atoms with Gasteiger partial charge in [0, 0.05) is 9.92 Å². The number of aromatic nitrogens is 2. The molecule has 0 bridgehead atoms. The first-order chi connectivity index (χ1) is 15.5. The van der Waals surface area contributed by atoms with E-state index in [2.05, 4.69) is 5.10 Å². The van der Waals surface area contributed by atoms with E-state index in [9.17, 15) is 4.79 Å². The third-order valence-electron chi connectivity index (χ3n) is 4.59. The second-order valence-corrected chi connectivity index (χ2v) is 8.62. The van der Waals surface area contributed by atoms with Gasteiger partial charge in [0.15, 0.2) is 6.61 Å². The van der Waals surface area contributed by atoms with Crippen LogP contribution in [0.5, 0.6) is 11.6 Å². The average Bonchev–Trinajstić information content (AvgIpc) is 3.10. The Balaban J connectivity index is 1.60. The van der Waals surface area contributed by atoms with Crippen LogP contribution in [-0.4, -0.2) is 22.4 Å². The van der Waals surface area contributed by atoms with E-state index < -0.39 is 5.97 Å². The molecule has 0 spiro atoms. The summed E-state index contributed by atoms with van der Waals surface area (Å²) >= 11 is 7.40. The summed E-state index contributed by atoms with van der Waals surface area (Å²) in [5.74, 6) is 0.375. The molecular formula is C25H21ClN2O3S. The van der Waals surface area contributed by atoms with Crippen LogP contribution in [0.3, 0.4) is 0 Å². The van der Waals surface area contributed by atoms with Gasteiger partial charge in [-0.3, -0.25) is 0 Å². The van der Waals surface area contributed by atoms with Crippen molar-refractivity contribution in [2.45, 2.75) is 23.6 Å². The zero-order chi connectivity index (χ0) is 22.5. The molecule has 0 fully saturated rings. The molecule has 0 radical (unpaired) electrons. The molecule has 0 aliphatic heterocycles. The zero-order valence-corrected chi connectivity index (χ0v) is 19.2. The summed E-state index contributed by atoms with van der Waals surface area (Å²) in [5, 5.41) is 5.24. The minimum absolute atomic E-state index is 0.241. The lowest BCUT2D eigenvalue weighted by molar-refractivity contribution is -0.137. The highest BCUT2D eigenvalue weighted by molar-refractivity contribution is 7.99. The molecule has 7 heteroatoms. The van der Waals surface area contributed by atoms with Gasteiger partial charge in [-0.2, -0.15) is 9.78 Å². The van der Waals surface area contributed by atoms with E-state index in [0.717, 1.165) is 21.2 Å². The van der Waals surface area contributed by atoms with Crippen LogP contribution in [0.2, 0.25) is 5.02 Å². The zero-order valence-electron chi connectivity index (χ0n) is 17.6. The fourth-order valence-electron chi connectivity index (χ4n) is 2.98. The number of benzene rings is 3. The lowest BCUT2D eigenvalue weighted by Gasteiger charge is -2.11. The van der Waals surface area contributed by atoms with Gasteiger partial charge in [0.1, 0.15) is 5.75 Å². The Morgan fingerprint density at radius 1 is 0.969 bits per heavy atom. The molecule has 0 aliphatic carbocycles. The Bertz CT molecular complexity index is 1210. The number of nitrogens with zero attached hydrogens (tertiary/aromatic N) is 2. The molecule has 162 valence electrons. The molecule has 0 atom stereocenters. The highest BCUT2D eigenvalue weighted by Gasteiger charge is 2.22. The van der Waals surface area contributed by atoms with E-state index in [0.29, 0.717) is 16.7 Å². The Morgan fingerprint density at radius 2 is 1.66 bits per heavy atom. The maximum Gasteiger partial charge on any atom is 0.350 e. The fourth-order valence-corrected chi connectivity index (χ4v) is 4.02. The number of hydrogen-bond donors (Lipinski definition) is 0. The van der Waals surface area contributed by atoms with Gasteiger partial charge < -0.3 is 9.47 Å². The first-order valence-corrected chi connectivity index (χ1v) is 11.2. The Kier molecular flexibility index (Phi) is 6.83. The smallest absolute Gasteiger partial charge is 0.350 e. The van der Waals surface area contributed by atoms with Gasteiger partial charge in [-0.05, 0) is 62.4 Å². The first kappa shape index (κ1) is 22.0. The van der Waals surface area contributed by atoms with Crippen molar-refractivity contribution in [1.82, 2.24) is 9.78 Å². The van der Waals surface area contributed by atoms with Crippen molar-refractivity contribution in [1.29, 1.82) is 0 Å². The van der Waals surface area contributed by atoms with Gasteiger partial charge >= 0.3 is 5.97 Å². The number of aryl methyl sites for hydroxylation is 2. The normalized spacial score (nSPS) is 10.7. The summed E-state index contributed by atoms with van der Waals surface area (Å²) in [6.45, 7) is 3.70. The van der Waals surface area contributed by atoms with E-state index in [1.807, 2.05) is 68.4 Å². The van der Waals surface area contributed by atoms with Crippen LogP contribution in [0.1, 0.15) is 11.3 Å².